The Morgan fingerprint density at radius 1 is 0.970 bits per heavy atom. The van der Waals surface area contributed by atoms with Crippen LogP contribution in [0.25, 0.3) is 27.2 Å². The first-order valence-corrected chi connectivity index (χ1v) is 10.7. The smallest absolute Gasteiger partial charge is 0.174 e. The second-order valence-corrected chi connectivity index (χ2v) is 8.76. The molecule has 1 aliphatic carbocycles. The minimum atomic E-state index is -0.146. The molecule has 2 aromatic carbocycles. The summed E-state index contributed by atoms with van der Waals surface area (Å²) in [5, 5.41) is 3.12. The van der Waals surface area contributed by atoms with Crippen molar-refractivity contribution in [3.05, 3.63) is 59.5 Å². The van der Waals surface area contributed by atoms with E-state index >= 15 is 0 Å². The van der Waals surface area contributed by atoms with Crippen molar-refractivity contribution < 1.29 is 9.59 Å². The largest absolute Gasteiger partial charge is 0.308 e. The summed E-state index contributed by atoms with van der Waals surface area (Å²) in [5.41, 5.74) is 4.11. The zero-order chi connectivity index (χ0) is 21.7. The van der Waals surface area contributed by atoms with Gasteiger partial charge < -0.3 is 9.80 Å². The number of hydrogen-bond acceptors (Lipinski definition) is 5. The van der Waals surface area contributed by atoms with E-state index in [0.29, 0.717) is 16.6 Å². The number of carbonyl (C=O) groups is 2. The van der Waals surface area contributed by atoms with Gasteiger partial charge in [0, 0.05) is 31.2 Å². The van der Waals surface area contributed by atoms with Crippen LogP contribution in [0.15, 0.2) is 42.9 Å². The molecule has 0 amide bonds. The number of rotatable bonds is 6. The normalized spacial score (nSPS) is 13.2. The van der Waals surface area contributed by atoms with E-state index in [1.54, 1.807) is 12.5 Å². The number of likely N-dealkylation sites (N-methyl/N-ethyl adjacent to an activating group) is 2. The molecule has 1 aliphatic rings. The van der Waals surface area contributed by atoms with Gasteiger partial charge in [-0.05, 0) is 50.0 Å². The van der Waals surface area contributed by atoms with Gasteiger partial charge in [0.05, 0.1) is 34.9 Å². The number of Topliss-reactive ketones (excluding diaryl/α,β-unsaturated/α-hetero) is 2. The Kier molecular flexibility index (Phi) is 7.44. The van der Waals surface area contributed by atoms with Crippen molar-refractivity contribution in [1.82, 2.24) is 19.2 Å². The van der Waals surface area contributed by atoms with Crippen LogP contribution in [0.1, 0.15) is 32.7 Å². The zero-order valence-electron chi connectivity index (χ0n) is 19.0. The van der Waals surface area contributed by atoms with Crippen LogP contribution in [0.2, 0.25) is 0 Å². The van der Waals surface area contributed by atoms with Crippen LogP contribution in [0.3, 0.4) is 0 Å². The van der Waals surface area contributed by atoms with Gasteiger partial charge in [-0.25, -0.2) is 4.98 Å². The van der Waals surface area contributed by atoms with Gasteiger partial charge in [-0.2, -0.15) is 0 Å². The van der Waals surface area contributed by atoms with Crippen molar-refractivity contribution in [3.63, 3.8) is 0 Å². The lowest BCUT2D eigenvalue weighted by molar-refractivity contribution is 0.0890. The summed E-state index contributed by atoms with van der Waals surface area (Å²) in [7, 11) is 6.30. The lowest BCUT2D eigenvalue weighted by Gasteiger charge is -2.19. The molecular formula is C25H28Cl2N4O2. The highest BCUT2D eigenvalue weighted by Gasteiger charge is 2.31. The fourth-order valence-electron chi connectivity index (χ4n) is 4.68. The second kappa shape index (κ2) is 9.77. The Bertz CT molecular complexity index is 1360. The Hall–Kier alpha value is -2.51. The number of aromatic nitrogens is 2. The molecule has 0 spiro atoms. The van der Waals surface area contributed by atoms with Crippen LogP contribution in [-0.2, 0) is 6.42 Å². The van der Waals surface area contributed by atoms with E-state index in [9.17, 15) is 9.59 Å². The predicted octanol–water partition coefficient (Wildman–Crippen LogP) is 4.29. The summed E-state index contributed by atoms with van der Waals surface area (Å²) in [4.78, 5) is 34.5. The number of nitrogens with zero attached hydrogens (tertiary/aromatic N) is 4. The molecule has 0 N–H and O–H groups in total. The third kappa shape index (κ3) is 4.24. The number of carbonyl (C=O) groups excluding carboxylic acids is 2. The summed E-state index contributed by atoms with van der Waals surface area (Å²) >= 11 is 0. The molecule has 0 unspecified atom stereocenters. The quantitative estimate of drug-likeness (QED) is 0.380. The van der Waals surface area contributed by atoms with Gasteiger partial charge in [-0.3, -0.25) is 14.0 Å². The average Bonchev–Trinajstić information content (AvgIpc) is 3.11. The molecule has 33 heavy (non-hydrogen) atoms. The molecule has 6 nitrogen and oxygen atoms in total. The molecule has 0 bridgehead atoms. The number of benzene rings is 2. The highest BCUT2D eigenvalue weighted by molar-refractivity contribution is 6.32. The first-order valence-electron chi connectivity index (χ1n) is 10.7. The van der Waals surface area contributed by atoms with Crippen LogP contribution in [0, 0.1) is 0 Å². The minimum absolute atomic E-state index is 0. The van der Waals surface area contributed by atoms with Gasteiger partial charge in [0.2, 0.25) is 0 Å². The standard InChI is InChI=1S/C25H26N4O2.2ClH/c1-27(2)10-11-28(3)9-8-17-12-16-6-4-5-7-18(16)22-23-21(31)13-20(30)19-14-26-15-29(24(17)22)25(19)23;;/h4-7,12,14-15H,8-11,13H2,1-3H3;2*1H. The van der Waals surface area contributed by atoms with Crippen LogP contribution in [0.5, 0.6) is 0 Å². The third-order valence-electron chi connectivity index (χ3n) is 6.30. The molecule has 0 fully saturated rings. The topological polar surface area (TPSA) is 57.9 Å². The highest BCUT2D eigenvalue weighted by atomic mass is 35.5. The summed E-state index contributed by atoms with van der Waals surface area (Å²) in [6.45, 7) is 2.90. The van der Waals surface area contributed by atoms with E-state index in [-0.39, 0.29) is 42.8 Å². The summed E-state index contributed by atoms with van der Waals surface area (Å²) in [6.07, 6.45) is 4.11. The molecule has 8 heteroatoms. The van der Waals surface area contributed by atoms with Crippen LogP contribution in [0.4, 0.5) is 0 Å². The van der Waals surface area contributed by atoms with Gasteiger partial charge in [0.25, 0.3) is 0 Å². The van der Waals surface area contributed by atoms with E-state index < -0.39 is 0 Å². The first-order chi connectivity index (χ1) is 15.0. The predicted molar refractivity (Wildman–Crippen MR) is 138 cm³/mol. The summed E-state index contributed by atoms with van der Waals surface area (Å²) in [5.74, 6) is -0.241. The maximum absolute atomic E-state index is 13.1. The van der Waals surface area contributed by atoms with E-state index in [1.165, 1.54) is 5.56 Å². The first kappa shape index (κ1) is 25.1. The van der Waals surface area contributed by atoms with E-state index in [0.717, 1.165) is 47.7 Å². The minimum Gasteiger partial charge on any atom is -0.308 e. The Morgan fingerprint density at radius 3 is 2.48 bits per heavy atom. The van der Waals surface area contributed by atoms with Crippen molar-refractivity contribution in [2.75, 3.05) is 40.8 Å². The average molecular weight is 487 g/mol. The van der Waals surface area contributed by atoms with Crippen molar-refractivity contribution in [2.24, 2.45) is 0 Å². The molecule has 2 heterocycles. The van der Waals surface area contributed by atoms with Gasteiger partial charge in [0.15, 0.2) is 11.6 Å². The maximum atomic E-state index is 13.1. The van der Waals surface area contributed by atoms with E-state index in [2.05, 4.69) is 54.1 Å². The molecule has 4 aromatic rings. The number of hydrogen-bond donors (Lipinski definition) is 0. The number of ketones is 2. The van der Waals surface area contributed by atoms with Crippen molar-refractivity contribution in [3.8, 4) is 0 Å². The van der Waals surface area contributed by atoms with Crippen LogP contribution < -0.4 is 0 Å². The van der Waals surface area contributed by atoms with Crippen molar-refractivity contribution in [1.29, 1.82) is 0 Å². The maximum Gasteiger partial charge on any atom is 0.174 e. The van der Waals surface area contributed by atoms with Crippen LogP contribution >= 0.6 is 24.8 Å². The Balaban J connectivity index is 0.00000153. The summed E-state index contributed by atoms with van der Waals surface area (Å²) < 4.78 is 1.97. The van der Waals surface area contributed by atoms with Crippen molar-refractivity contribution in [2.45, 2.75) is 12.8 Å². The molecule has 5 rings (SSSR count). The fraction of sp³-hybridized carbons (Fsp3) is 0.320. The van der Waals surface area contributed by atoms with Gasteiger partial charge in [-0.15, -0.1) is 24.8 Å². The fourth-order valence-corrected chi connectivity index (χ4v) is 4.68. The lowest BCUT2D eigenvalue weighted by Crippen LogP contribution is -2.30. The molecule has 2 aromatic heterocycles. The van der Waals surface area contributed by atoms with Gasteiger partial charge >= 0.3 is 0 Å². The monoisotopic (exact) mass is 486 g/mol. The number of fused-ring (bicyclic) bond motifs is 5. The van der Waals surface area contributed by atoms with Crippen molar-refractivity contribution >= 4 is 63.6 Å². The van der Waals surface area contributed by atoms with E-state index in [4.69, 9.17) is 0 Å². The lowest BCUT2D eigenvalue weighted by atomic mass is 9.90. The second-order valence-electron chi connectivity index (χ2n) is 8.76. The van der Waals surface area contributed by atoms with Gasteiger partial charge in [0.1, 0.15) is 0 Å². The molecule has 0 saturated heterocycles. The molecule has 0 saturated carbocycles. The van der Waals surface area contributed by atoms with E-state index in [1.807, 2.05) is 16.5 Å². The number of halogens is 2. The third-order valence-corrected chi connectivity index (χ3v) is 6.30. The summed E-state index contributed by atoms with van der Waals surface area (Å²) in [6, 6.07) is 10.4. The highest BCUT2D eigenvalue weighted by Crippen LogP contribution is 2.39. The Morgan fingerprint density at radius 2 is 1.73 bits per heavy atom. The molecule has 174 valence electrons. The molecular weight excluding hydrogens is 459 g/mol. The molecule has 0 radical (unpaired) electrons. The SMILES string of the molecule is CN(C)CCN(C)CCc1cc2ccccc2c2c3c4c(cncn4c12)C(=O)CC3=O.Cl.Cl. The molecule has 0 aliphatic heterocycles. The van der Waals surface area contributed by atoms with Crippen LogP contribution in [-0.4, -0.2) is 71.5 Å². The zero-order valence-corrected chi connectivity index (χ0v) is 20.6. The van der Waals surface area contributed by atoms with Gasteiger partial charge in [-0.1, -0.05) is 24.3 Å². The Labute approximate surface area is 205 Å². The molecule has 0 atom stereocenters.